The zero-order chi connectivity index (χ0) is 23.6. The molecule has 0 radical (unpaired) electrons. The fourth-order valence-corrected chi connectivity index (χ4v) is 3.17. The molecule has 6 nitrogen and oxygen atoms in total. The second-order valence-electron chi connectivity index (χ2n) is 6.87. The van der Waals surface area contributed by atoms with Gasteiger partial charge in [-0.3, -0.25) is 4.79 Å². The van der Waals surface area contributed by atoms with Crippen molar-refractivity contribution in [2.75, 3.05) is 19.0 Å². The topological polar surface area (TPSA) is 80.6 Å². The Balaban J connectivity index is 1.72. The molecular weight excluding hydrogens is 440 g/mol. The Morgan fingerprint density at radius 2 is 1.82 bits per heavy atom. The number of nitrogens with zero attached hydrogens (tertiary/aromatic N) is 1. The molecular formula is C26H23ClN2O4. The van der Waals surface area contributed by atoms with Gasteiger partial charge < -0.3 is 19.5 Å². The maximum atomic E-state index is 12.6. The van der Waals surface area contributed by atoms with Gasteiger partial charge in [-0.2, -0.15) is 5.26 Å². The van der Waals surface area contributed by atoms with E-state index in [0.717, 1.165) is 5.56 Å². The number of amides is 1. The standard InChI is InChI=1S/C26H23ClN2O4/c1-3-32-22-11-9-21(10-12-22)29-26(30)20(16-28)14-18-8-13-24(25(15-18)31-2)33-17-19-6-4-5-7-23(19)27/h4-15H,3,17H2,1-2H3,(H,29,30)/b20-14+. The number of carbonyl (C=O) groups excluding carboxylic acids is 1. The second-order valence-corrected chi connectivity index (χ2v) is 7.28. The monoisotopic (exact) mass is 462 g/mol. The number of carbonyl (C=O) groups is 1. The molecule has 0 unspecified atom stereocenters. The summed E-state index contributed by atoms with van der Waals surface area (Å²) in [5.41, 5.74) is 1.99. The predicted octanol–water partition coefficient (Wildman–Crippen LogP) is 5.87. The first-order chi connectivity index (χ1) is 16.0. The van der Waals surface area contributed by atoms with Crippen molar-refractivity contribution >= 4 is 29.3 Å². The number of hydrogen-bond donors (Lipinski definition) is 1. The van der Waals surface area contributed by atoms with Crippen molar-refractivity contribution in [3.63, 3.8) is 0 Å². The Hall–Kier alpha value is -3.95. The van der Waals surface area contributed by atoms with Gasteiger partial charge in [0.1, 0.15) is 24.0 Å². The van der Waals surface area contributed by atoms with Crippen LogP contribution in [0.5, 0.6) is 17.2 Å². The highest BCUT2D eigenvalue weighted by atomic mass is 35.5. The van der Waals surface area contributed by atoms with Crippen LogP contribution in [0.4, 0.5) is 5.69 Å². The molecule has 168 valence electrons. The molecule has 0 aromatic heterocycles. The summed E-state index contributed by atoms with van der Waals surface area (Å²) in [5.74, 6) is 1.18. The van der Waals surface area contributed by atoms with Gasteiger partial charge in [0, 0.05) is 16.3 Å². The van der Waals surface area contributed by atoms with Gasteiger partial charge in [0.15, 0.2) is 11.5 Å². The molecule has 0 saturated carbocycles. The van der Waals surface area contributed by atoms with Gasteiger partial charge >= 0.3 is 0 Å². The fourth-order valence-electron chi connectivity index (χ4n) is 2.98. The maximum absolute atomic E-state index is 12.6. The number of halogens is 1. The molecule has 0 aliphatic carbocycles. The first-order valence-electron chi connectivity index (χ1n) is 10.2. The average molecular weight is 463 g/mol. The Labute approximate surface area is 198 Å². The minimum Gasteiger partial charge on any atom is -0.494 e. The van der Waals surface area contributed by atoms with Crippen molar-refractivity contribution in [1.29, 1.82) is 5.26 Å². The Kier molecular flexibility index (Phi) is 8.34. The number of nitrogens with one attached hydrogen (secondary N) is 1. The summed E-state index contributed by atoms with van der Waals surface area (Å²) in [7, 11) is 1.52. The molecule has 0 aliphatic rings. The first-order valence-corrected chi connectivity index (χ1v) is 10.6. The number of nitriles is 1. The van der Waals surface area contributed by atoms with Crippen LogP contribution < -0.4 is 19.5 Å². The molecule has 0 aliphatic heterocycles. The number of ether oxygens (including phenoxy) is 3. The van der Waals surface area contributed by atoms with Crippen LogP contribution in [-0.4, -0.2) is 19.6 Å². The first kappa shape index (κ1) is 23.7. The maximum Gasteiger partial charge on any atom is 0.266 e. The van der Waals surface area contributed by atoms with E-state index in [1.54, 1.807) is 48.5 Å². The van der Waals surface area contributed by atoms with Crippen molar-refractivity contribution in [2.24, 2.45) is 0 Å². The molecule has 3 aromatic carbocycles. The minimum absolute atomic E-state index is 0.0457. The van der Waals surface area contributed by atoms with Crippen LogP contribution in [-0.2, 0) is 11.4 Å². The minimum atomic E-state index is -0.514. The molecule has 3 rings (SSSR count). The molecule has 7 heteroatoms. The number of benzene rings is 3. The van der Waals surface area contributed by atoms with Crippen LogP contribution in [0.3, 0.4) is 0 Å². The van der Waals surface area contributed by atoms with Crippen LogP contribution in [0.1, 0.15) is 18.1 Å². The molecule has 33 heavy (non-hydrogen) atoms. The SMILES string of the molecule is CCOc1ccc(NC(=O)/C(C#N)=C/c2ccc(OCc3ccccc3Cl)c(OC)c2)cc1. The molecule has 0 atom stereocenters. The Morgan fingerprint density at radius 1 is 1.06 bits per heavy atom. The summed E-state index contributed by atoms with van der Waals surface area (Å²) in [4.78, 5) is 12.6. The van der Waals surface area contributed by atoms with Crippen molar-refractivity contribution in [3.05, 3.63) is 88.5 Å². The third kappa shape index (κ3) is 6.52. The highest BCUT2D eigenvalue weighted by Gasteiger charge is 2.12. The summed E-state index contributed by atoms with van der Waals surface area (Å²) in [6, 6.07) is 21.5. The lowest BCUT2D eigenvalue weighted by molar-refractivity contribution is -0.112. The zero-order valence-electron chi connectivity index (χ0n) is 18.3. The van der Waals surface area contributed by atoms with Crippen LogP contribution >= 0.6 is 11.6 Å². The van der Waals surface area contributed by atoms with E-state index in [-0.39, 0.29) is 12.2 Å². The summed E-state index contributed by atoms with van der Waals surface area (Å²) in [6.07, 6.45) is 1.49. The quantitative estimate of drug-likeness (QED) is 0.317. The summed E-state index contributed by atoms with van der Waals surface area (Å²) in [6.45, 7) is 2.73. The summed E-state index contributed by atoms with van der Waals surface area (Å²) in [5, 5.41) is 12.8. The third-order valence-corrected chi connectivity index (χ3v) is 5.00. The van der Waals surface area contributed by atoms with E-state index in [2.05, 4.69) is 5.32 Å². The molecule has 0 fully saturated rings. The molecule has 1 N–H and O–H groups in total. The van der Waals surface area contributed by atoms with E-state index in [1.807, 2.05) is 31.2 Å². The van der Waals surface area contributed by atoms with Gasteiger partial charge in [0.05, 0.1) is 13.7 Å². The van der Waals surface area contributed by atoms with E-state index in [1.165, 1.54) is 13.2 Å². The predicted molar refractivity (Wildman–Crippen MR) is 129 cm³/mol. The van der Waals surface area contributed by atoms with Gasteiger partial charge in [-0.1, -0.05) is 35.9 Å². The Morgan fingerprint density at radius 3 is 2.48 bits per heavy atom. The van der Waals surface area contributed by atoms with E-state index < -0.39 is 5.91 Å². The number of rotatable bonds is 9. The average Bonchev–Trinajstić information content (AvgIpc) is 2.83. The van der Waals surface area contributed by atoms with Crippen LogP contribution in [0.15, 0.2) is 72.3 Å². The third-order valence-electron chi connectivity index (χ3n) is 4.63. The van der Waals surface area contributed by atoms with E-state index in [9.17, 15) is 10.1 Å². The van der Waals surface area contributed by atoms with E-state index in [0.29, 0.717) is 40.1 Å². The number of anilines is 1. The second kappa shape index (κ2) is 11.6. The largest absolute Gasteiger partial charge is 0.494 e. The fraction of sp³-hybridized carbons (Fsp3) is 0.154. The molecule has 1 amide bonds. The van der Waals surface area contributed by atoms with Gasteiger partial charge in [0.25, 0.3) is 5.91 Å². The molecule has 0 bridgehead atoms. The van der Waals surface area contributed by atoms with Crippen LogP contribution in [0.25, 0.3) is 6.08 Å². The van der Waals surface area contributed by atoms with Crippen molar-refractivity contribution in [1.82, 2.24) is 0 Å². The van der Waals surface area contributed by atoms with Gasteiger partial charge in [-0.25, -0.2) is 0 Å². The van der Waals surface area contributed by atoms with Crippen LogP contribution in [0.2, 0.25) is 5.02 Å². The molecule has 0 heterocycles. The lowest BCUT2D eigenvalue weighted by atomic mass is 10.1. The van der Waals surface area contributed by atoms with Crippen molar-refractivity contribution < 1.29 is 19.0 Å². The van der Waals surface area contributed by atoms with Crippen molar-refractivity contribution in [2.45, 2.75) is 13.5 Å². The highest BCUT2D eigenvalue weighted by molar-refractivity contribution is 6.31. The Bertz CT molecular complexity index is 1180. The number of hydrogen-bond acceptors (Lipinski definition) is 5. The van der Waals surface area contributed by atoms with Gasteiger partial charge in [-0.05, 0) is 61.0 Å². The summed E-state index contributed by atoms with van der Waals surface area (Å²) < 4.78 is 16.7. The molecule has 0 spiro atoms. The van der Waals surface area contributed by atoms with Crippen LogP contribution in [0, 0.1) is 11.3 Å². The highest BCUT2D eigenvalue weighted by Crippen LogP contribution is 2.30. The smallest absolute Gasteiger partial charge is 0.266 e. The lowest BCUT2D eigenvalue weighted by Crippen LogP contribution is -2.13. The molecule has 0 saturated heterocycles. The van der Waals surface area contributed by atoms with E-state index >= 15 is 0 Å². The van der Waals surface area contributed by atoms with E-state index in [4.69, 9.17) is 25.8 Å². The zero-order valence-corrected chi connectivity index (χ0v) is 19.1. The lowest BCUT2D eigenvalue weighted by Gasteiger charge is -2.12. The van der Waals surface area contributed by atoms with Crippen molar-refractivity contribution in [3.8, 4) is 23.3 Å². The normalized spacial score (nSPS) is 10.8. The van der Waals surface area contributed by atoms with Gasteiger partial charge in [0.2, 0.25) is 0 Å². The summed E-state index contributed by atoms with van der Waals surface area (Å²) >= 11 is 6.18. The van der Waals surface area contributed by atoms with Gasteiger partial charge in [-0.15, -0.1) is 0 Å². The molecule has 3 aromatic rings. The number of methoxy groups -OCH3 is 1.